The molecule has 2 aromatic carbocycles. The van der Waals surface area contributed by atoms with Crippen LogP contribution in [-0.4, -0.2) is 68.2 Å². The van der Waals surface area contributed by atoms with Crippen LogP contribution in [-0.2, 0) is 19.4 Å². The number of ether oxygens (including phenoxy) is 2. The number of rotatable bonds is 7. The van der Waals surface area contributed by atoms with Crippen molar-refractivity contribution in [2.75, 3.05) is 52.6 Å². The molecule has 0 aliphatic carbocycles. The smallest absolute Gasteiger partial charge is 0.231 e. The van der Waals surface area contributed by atoms with Gasteiger partial charge in [0.05, 0.1) is 0 Å². The number of ketones is 1. The minimum absolute atomic E-state index is 0. The summed E-state index contributed by atoms with van der Waals surface area (Å²) in [6, 6.07) is 12.6. The zero-order valence-electron chi connectivity index (χ0n) is 20.0. The van der Waals surface area contributed by atoms with Gasteiger partial charge < -0.3 is 19.7 Å². The van der Waals surface area contributed by atoms with Crippen molar-refractivity contribution < 1.29 is 14.3 Å². The lowest BCUT2D eigenvalue weighted by Crippen LogP contribution is -2.46. The van der Waals surface area contributed by atoms with Gasteiger partial charge in [-0.1, -0.05) is 18.2 Å². The minimum Gasteiger partial charge on any atom is -0.454 e. The van der Waals surface area contributed by atoms with E-state index in [-0.39, 0.29) is 43.0 Å². The van der Waals surface area contributed by atoms with Crippen molar-refractivity contribution in [3.8, 4) is 11.5 Å². The molecule has 0 saturated carbocycles. The molecule has 6 nitrogen and oxygen atoms in total. The normalized spacial score (nSPS) is 17.3. The first-order valence-electron chi connectivity index (χ1n) is 11.9. The Morgan fingerprint density at radius 2 is 1.54 bits per heavy atom. The van der Waals surface area contributed by atoms with E-state index >= 15 is 0 Å². The second-order valence-electron chi connectivity index (χ2n) is 9.07. The maximum atomic E-state index is 12.7. The van der Waals surface area contributed by atoms with E-state index in [0.29, 0.717) is 13.2 Å². The molecule has 0 aromatic heterocycles. The van der Waals surface area contributed by atoms with E-state index in [9.17, 15) is 4.79 Å². The van der Waals surface area contributed by atoms with E-state index in [2.05, 4.69) is 39.4 Å². The van der Waals surface area contributed by atoms with Gasteiger partial charge in [-0.25, -0.2) is 0 Å². The van der Waals surface area contributed by atoms with Gasteiger partial charge in [-0.05, 0) is 73.8 Å². The molecule has 9 heteroatoms. The van der Waals surface area contributed by atoms with Gasteiger partial charge >= 0.3 is 0 Å². The Morgan fingerprint density at radius 3 is 2.34 bits per heavy atom. The minimum atomic E-state index is 0. The van der Waals surface area contributed by atoms with Gasteiger partial charge in [0.2, 0.25) is 6.79 Å². The Balaban J connectivity index is 0.00000144. The molecule has 1 N–H and O–H groups in total. The van der Waals surface area contributed by atoms with Crippen molar-refractivity contribution >= 4 is 43.0 Å². The number of benzene rings is 2. The van der Waals surface area contributed by atoms with Crippen LogP contribution in [0.1, 0.15) is 39.9 Å². The molecule has 194 valence electrons. The van der Waals surface area contributed by atoms with E-state index in [1.807, 2.05) is 12.1 Å². The van der Waals surface area contributed by atoms with Crippen LogP contribution >= 0.6 is 37.2 Å². The molecule has 1 fully saturated rings. The predicted octanol–water partition coefficient (Wildman–Crippen LogP) is 4.15. The number of carbonyl (C=O) groups is 1. The Kier molecular flexibility index (Phi) is 12.1. The van der Waals surface area contributed by atoms with Crippen LogP contribution in [0.3, 0.4) is 0 Å². The van der Waals surface area contributed by atoms with E-state index in [1.54, 1.807) is 0 Å². The van der Waals surface area contributed by atoms with Crippen LogP contribution < -0.4 is 14.8 Å². The van der Waals surface area contributed by atoms with Gasteiger partial charge in [0.15, 0.2) is 17.3 Å². The molecule has 35 heavy (non-hydrogen) atoms. The lowest BCUT2D eigenvalue weighted by molar-refractivity contribution is 0.0959. The molecule has 5 rings (SSSR count). The molecule has 3 aliphatic rings. The summed E-state index contributed by atoms with van der Waals surface area (Å²) in [4.78, 5) is 17.7. The summed E-state index contributed by atoms with van der Waals surface area (Å²) in [6.45, 7) is 8.53. The van der Waals surface area contributed by atoms with Crippen molar-refractivity contribution in [1.29, 1.82) is 0 Å². The zero-order chi connectivity index (χ0) is 21.8. The first kappa shape index (κ1) is 29.7. The molecule has 0 radical (unpaired) electrons. The lowest BCUT2D eigenvalue weighted by Gasteiger charge is -2.34. The molecule has 0 atom stereocenters. The first-order chi connectivity index (χ1) is 15.7. The standard InChI is InChI=1S/C26H33N3O3.3ClH/c30-24(23-5-4-21-7-9-27-10-8-22(21)17-23)2-1-11-28-12-14-29(15-13-28)18-20-3-6-25-26(16-20)32-19-31-25;;;/h3-6,16-17,27H,1-2,7-15,18-19H2;3*1H. The van der Waals surface area contributed by atoms with Gasteiger partial charge in [0, 0.05) is 44.7 Å². The van der Waals surface area contributed by atoms with Gasteiger partial charge in [0.25, 0.3) is 0 Å². The number of hydrogen-bond acceptors (Lipinski definition) is 6. The van der Waals surface area contributed by atoms with Crippen LogP contribution in [0.2, 0.25) is 0 Å². The second kappa shape index (κ2) is 14.3. The Bertz CT molecular complexity index is 968. The van der Waals surface area contributed by atoms with E-state index in [1.165, 1.54) is 16.7 Å². The number of hydrogen-bond donors (Lipinski definition) is 1. The Morgan fingerprint density at radius 1 is 0.829 bits per heavy atom. The molecule has 0 amide bonds. The number of halogens is 3. The van der Waals surface area contributed by atoms with Crippen molar-refractivity contribution in [3.05, 3.63) is 58.7 Å². The van der Waals surface area contributed by atoms with Gasteiger partial charge in [-0.15, -0.1) is 37.2 Å². The number of piperazine rings is 1. The van der Waals surface area contributed by atoms with Gasteiger partial charge in [-0.2, -0.15) is 0 Å². The van der Waals surface area contributed by atoms with Crippen molar-refractivity contribution in [2.24, 2.45) is 0 Å². The number of Topliss-reactive ketones (excluding diaryl/α,β-unsaturated/α-hetero) is 1. The van der Waals surface area contributed by atoms with Gasteiger partial charge in [-0.3, -0.25) is 9.69 Å². The number of nitrogens with zero attached hydrogens (tertiary/aromatic N) is 2. The summed E-state index contributed by atoms with van der Waals surface area (Å²) in [6.07, 6.45) is 3.64. The quantitative estimate of drug-likeness (QED) is 0.529. The summed E-state index contributed by atoms with van der Waals surface area (Å²) in [7, 11) is 0. The SMILES string of the molecule is Cl.Cl.Cl.O=C(CCCN1CCN(Cc2ccc3c(c2)OCO3)CC1)c1ccc2c(c1)CCNCC2. The van der Waals surface area contributed by atoms with Crippen LogP contribution in [0.25, 0.3) is 0 Å². The number of nitrogens with one attached hydrogen (secondary N) is 1. The van der Waals surface area contributed by atoms with E-state index in [0.717, 1.165) is 88.7 Å². The maximum absolute atomic E-state index is 12.7. The average molecular weight is 545 g/mol. The predicted molar refractivity (Wildman–Crippen MR) is 146 cm³/mol. The molecule has 0 unspecified atom stereocenters. The lowest BCUT2D eigenvalue weighted by atomic mass is 9.97. The van der Waals surface area contributed by atoms with E-state index < -0.39 is 0 Å². The summed E-state index contributed by atoms with van der Waals surface area (Å²) >= 11 is 0. The molecule has 3 aliphatic heterocycles. The van der Waals surface area contributed by atoms with Crippen LogP contribution in [0, 0.1) is 0 Å². The number of fused-ring (bicyclic) bond motifs is 2. The molecule has 1 saturated heterocycles. The molecule has 0 spiro atoms. The highest BCUT2D eigenvalue weighted by molar-refractivity contribution is 5.96. The fourth-order valence-electron chi connectivity index (χ4n) is 4.92. The van der Waals surface area contributed by atoms with Crippen molar-refractivity contribution in [3.63, 3.8) is 0 Å². The fraction of sp³-hybridized carbons (Fsp3) is 0.500. The molecule has 0 bridgehead atoms. The topological polar surface area (TPSA) is 54.0 Å². The van der Waals surface area contributed by atoms with Gasteiger partial charge in [0.1, 0.15) is 0 Å². The second-order valence-corrected chi connectivity index (χ2v) is 9.07. The van der Waals surface area contributed by atoms with E-state index in [4.69, 9.17) is 9.47 Å². The third-order valence-corrected chi connectivity index (χ3v) is 6.86. The third-order valence-electron chi connectivity index (χ3n) is 6.86. The highest BCUT2D eigenvalue weighted by Crippen LogP contribution is 2.32. The monoisotopic (exact) mass is 543 g/mol. The highest BCUT2D eigenvalue weighted by atomic mass is 35.5. The highest BCUT2D eigenvalue weighted by Gasteiger charge is 2.19. The largest absolute Gasteiger partial charge is 0.454 e. The van der Waals surface area contributed by atoms with Crippen LogP contribution in [0.4, 0.5) is 0 Å². The summed E-state index contributed by atoms with van der Waals surface area (Å²) in [5.74, 6) is 1.99. The summed E-state index contributed by atoms with van der Waals surface area (Å²) < 4.78 is 10.9. The molecule has 2 aromatic rings. The third kappa shape index (κ3) is 7.72. The van der Waals surface area contributed by atoms with Crippen molar-refractivity contribution in [2.45, 2.75) is 32.2 Å². The van der Waals surface area contributed by atoms with Crippen molar-refractivity contribution in [1.82, 2.24) is 15.1 Å². The Hall–Kier alpha value is -1.54. The Labute approximate surface area is 226 Å². The van der Waals surface area contributed by atoms with Crippen LogP contribution in [0.15, 0.2) is 36.4 Å². The summed E-state index contributed by atoms with van der Waals surface area (Å²) in [5, 5.41) is 3.44. The molecule has 3 heterocycles. The average Bonchev–Trinajstić information content (AvgIpc) is 3.15. The maximum Gasteiger partial charge on any atom is 0.231 e. The zero-order valence-corrected chi connectivity index (χ0v) is 22.4. The summed E-state index contributed by atoms with van der Waals surface area (Å²) in [5.41, 5.74) is 4.90. The molecular weight excluding hydrogens is 509 g/mol. The molecular formula is C26H36Cl3N3O3. The first-order valence-corrected chi connectivity index (χ1v) is 11.9. The fourth-order valence-corrected chi connectivity index (χ4v) is 4.92. The number of carbonyl (C=O) groups excluding carboxylic acids is 1. The van der Waals surface area contributed by atoms with Crippen LogP contribution in [0.5, 0.6) is 11.5 Å².